The summed E-state index contributed by atoms with van der Waals surface area (Å²) in [5.74, 6) is 0.476. The van der Waals surface area contributed by atoms with E-state index in [9.17, 15) is 4.79 Å². The zero-order valence-electron chi connectivity index (χ0n) is 24.2. The van der Waals surface area contributed by atoms with Gasteiger partial charge in [0.15, 0.2) is 11.6 Å². The predicted molar refractivity (Wildman–Crippen MR) is 157 cm³/mol. The van der Waals surface area contributed by atoms with E-state index in [0.29, 0.717) is 36.1 Å². The van der Waals surface area contributed by atoms with Crippen molar-refractivity contribution >= 4 is 10.9 Å². The molecule has 0 saturated carbocycles. The van der Waals surface area contributed by atoms with Crippen LogP contribution in [0.15, 0.2) is 59.5 Å². The average Bonchev–Trinajstić information content (AvgIpc) is 3.27. The van der Waals surface area contributed by atoms with E-state index < -0.39 is 11.5 Å². The van der Waals surface area contributed by atoms with Gasteiger partial charge in [0.05, 0.1) is 24.9 Å². The van der Waals surface area contributed by atoms with Gasteiger partial charge in [-0.25, -0.2) is 19.2 Å². The number of pyridine rings is 2. The predicted octanol–water partition coefficient (Wildman–Crippen LogP) is 6.27. The summed E-state index contributed by atoms with van der Waals surface area (Å²) in [6.07, 6.45) is 1.75. The number of nitrogens with zero attached hydrogens (tertiary/aromatic N) is 5. The zero-order valence-corrected chi connectivity index (χ0v) is 24.2. The Morgan fingerprint density at radius 2 is 1.80 bits per heavy atom. The first kappa shape index (κ1) is 28.2. The van der Waals surface area contributed by atoms with Crippen LogP contribution >= 0.6 is 0 Å². The van der Waals surface area contributed by atoms with Gasteiger partial charge in [-0.2, -0.15) is 4.68 Å². The van der Waals surface area contributed by atoms with Crippen LogP contribution in [0.3, 0.4) is 0 Å². The molecule has 0 unspecified atom stereocenters. The molecule has 9 heteroatoms. The Balaban J connectivity index is 1.59. The molecule has 3 heterocycles. The fraction of sp³-hybridized carbons (Fsp3) is 0.312. The Labute approximate surface area is 238 Å². The van der Waals surface area contributed by atoms with Gasteiger partial charge in [0.2, 0.25) is 5.88 Å². The first-order valence-corrected chi connectivity index (χ1v) is 13.7. The minimum atomic E-state index is -0.586. The quantitative estimate of drug-likeness (QED) is 0.213. The van der Waals surface area contributed by atoms with Crippen molar-refractivity contribution in [1.29, 1.82) is 0 Å². The Hall–Kier alpha value is -4.37. The summed E-state index contributed by atoms with van der Waals surface area (Å²) in [4.78, 5) is 22.6. The maximum Gasteiger partial charge on any atom is 0.350 e. The van der Waals surface area contributed by atoms with Gasteiger partial charge in [0, 0.05) is 35.3 Å². The summed E-state index contributed by atoms with van der Waals surface area (Å²) in [5.41, 5.74) is 5.58. The second-order valence-electron chi connectivity index (χ2n) is 10.4. The molecule has 0 bridgehead atoms. The lowest BCUT2D eigenvalue weighted by Crippen LogP contribution is -2.24. The summed E-state index contributed by atoms with van der Waals surface area (Å²) in [5, 5.41) is 5.25. The highest BCUT2D eigenvalue weighted by Gasteiger charge is 2.21. The molecule has 0 aliphatic carbocycles. The highest BCUT2D eigenvalue weighted by molar-refractivity contribution is 5.88. The Kier molecular flexibility index (Phi) is 7.99. The second kappa shape index (κ2) is 11.6. The average molecular weight is 556 g/mol. The number of fused-ring (bicyclic) bond motifs is 1. The molecule has 41 heavy (non-hydrogen) atoms. The van der Waals surface area contributed by atoms with E-state index in [-0.39, 0.29) is 18.2 Å². The SMILES string of the molecule is CCn1c(COCc2ccccc2)nn(-c2cc3c(C(C)C)cc(-c4c(C)cnc(OC)c4C)nc3cc2F)c1=O. The van der Waals surface area contributed by atoms with Gasteiger partial charge in [-0.15, -0.1) is 5.10 Å². The van der Waals surface area contributed by atoms with Gasteiger partial charge in [-0.3, -0.25) is 4.57 Å². The number of hydrogen-bond donors (Lipinski definition) is 0. The van der Waals surface area contributed by atoms with E-state index in [1.807, 2.05) is 57.2 Å². The van der Waals surface area contributed by atoms with Crippen molar-refractivity contribution in [2.45, 2.75) is 60.3 Å². The zero-order chi connectivity index (χ0) is 29.3. The highest BCUT2D eigenvalue weighted by Crippen LogP contribution is 2.35. The van der Waals surface area contributed by atoms with Crippen molar-refractivity contribution in [2.24, 2.45) is 0 Å². The first-order chi connectivity index (χ1) is 19.7. The van der Waals surface area contributed by atoms with Crippen LogP contribution in [0.4, 0.5) is 4.39 Å². The van der Waals surface area contributed by atoms with Gasteiger partial charge in [-0.1, -0.05) is 44.2 Å². The van der Waals surface area contributed by atoms with E-state index in [2.05, 4.69) is 23.9 Å². The third kappa shape index (κ3) is 5.37. The molecule has 5 aromatic rings. The van der Waals surface area contributed by atoms with E-state index in [1.54, 1.807) is 19.4 Å². The summed E-state index contributed by atoms with van der Waals surface area (Å²) in [6.45, 7) is 10.8. The number of benzene rings is 2. The minimum absolute atomic E-state index is 0.0772. The number of methoxy groups -OCH3 is 1. The lowest BCUT2D eigenvalue weighted by Gasteiger charge is -2.17. The summed E-state index contributed by atoms with van der Waals surface area (Å²) in [6, 6.07) is 14.8. The number of ether oxygens (including phenoxy) is 2. The fourth-order valence-corrected chi connectivity index (χ4v) is 5.20. The molecule has 3 aromatic heterocycles. The lowest BCUT2D eigenvalue weighted by molar-refractivity contribution is 0.0989. The summed E-state index contributed by atoms with van der Waals surface area (Å²) >= 11 is 0. The van der Waals surface area contributed by atoms with Crippen LogP contribution < -0.4 is 10.4 Å². The smallest absolute Gasteiger partial charge is 0.350 e. The minimum Gasteiger partial charge on any atom is -0.481 e. The van der Waals surface area contributed by atoms with E-state index in [1.165, 1.54) is 10.6 Å². The van der Waals surface area contributed by atoms with Crippen molar-refractivity contribution in [2.75, 3.05) is 7.11 Å². The van der Waals surface area contributed by atoms with E-state index in [0.717, 1.165) is 37.9 Å². The first-order valence-electron chi connectivity index (χ1n) is 13.7. The van der Waals surface area contributed by atoms with Crippen molar-refractivity contribution in [1.82, 2.24) is 24.3 Å². The molecular formula is C32H34FN5O3. The van der Waals surface area contributed by atoms with Crippen LogP contribution in [0.25, 0.3) is 27.8 Å². The number of hydrogen-bond acceptors (Lipinski definition) is 6. The third-order valence-corrected chi connectivity index (χ3v) is 7.27. The van der Waals surface area contributed by atoms with E-state index in [4.69, 9.17) is 14.5 Å². The molecule has 5 rings (SSSR count). The summed E-state index contributed by atoms with van der Waals surface area (Å²) < 4.78 is 29.6. The number of rotatable bonds is 9. The normalized spacial score (nSPS) is 11.5. The van der Waals surface area contributed by atoms with Crippen molar-refractivity contribution < 1.29 is 13.9 Å². The van der Waals surface area contributed by atoms with Gasteiger partial charge in [0.25, 0.3) is 0 Å². The Morgan fingerprint density at radius 3 is 2.49 bits per heavy atom. The van der Waals surface area contributed by atoms with Crippen LogP contribution in [0.1, 0.15) is 54.8 Å². The van der Waals surface area contributed by atoms with Crippen LogP contribution in [-0.2, 0) is 24.5 Å². The maximum atomic E-state index is 15.7. The molecule has 0 radical (unpaired) electrons. The van der Waals surface area contributed by atoms with Gasteiger partial charge in [-0.05, 0) is 55.5 Å². The molecule has 2 aromatic carbocycles. The second-order valence-corrected chi connectivity index (χ2v) is 10.4. The van der Waals surface area contributed by atoms with Crippen LogP contribution in [-0.4, -0.2) is 31.4 Å². The van der Waals surface area contributed by atoms with E-state index >= 15 is 4.39 Å². The van der Waals surface area contributed by atoms with Crippen molar-refractivity contribution in [3.05, 3.63) is 99.1 Å². The molecule has 0 saturated heterocycles. The molecule has 0 aliphatic rings. The number of halogens is 1. The van der Waals surface area contributed by atoms with Crippen LogP contribution in [0.5, 0.6) is 5.88 Å². The highest BCUT2D eigenvalue weighted by atomic mass is 19.1. The maximum absolute atomic E-state index is 15.7. The molecule has 0 N–H and O–H groups in total. The number of aromatic nitrogens is 5. The molecule has 0 atom stereocenters. The van der Waals surface area contributed by atoms with Gasteiger partial charge >= 0.3 is 5.69 Å². The molecule has 0 aliphatic heterocycles. The molecule has 0 amide bonds. The van der Waals surface area contributed by atoms with Gasteiger partial charge < -0.3 is 9.47 Å². The molecule has 212 valence electrons. The molecular weight excluding hydrogens is 521 g/mol. The third-order valence-electron chi connectivity index (χ3n) is 7.27. The fourth-order valence-electron chi connectivity index (χ4n) is 5.20. The van der Waals surface area contributed by atoms with Crippen LogP contribution in [0.2, 0.25) is 0 Å². The molecule has 8 nitrogen and oxygen atoms in total. The topological polar surface area (TPSA) is 84.1 Å². The van der Waals surface area contributed by atoms with Crippen LogP contribution in [0, 0.1) is 19.7 Å². The standard InChI is InChI=1S/C32H34FN5O3/c1-7-37-29(18-41-17-22-11-9-8-10-12-22)36-38(32(37)39)28-14-24-23(19(2)3)13-27(35-26(24)15-25(28)33)30-20(4)16-34-31(40-6)21(30)5/h8-16,19H,7,17-18H2,1-6H3. The van der Waals surface area contributed by atoms with Crippen molar-refractivity contribution in [3.8, 4) is 22.8 Å². The monoisotopic (exact) mass is 555 g/mol. The summed E-state index contributed by atoms with van der Waals surface area (Å²) in [7, 11) is 1.58. The number of aryl methyl sites for hydroxylation is 1. The lowest BCUT2D eigenvalue weighted by atomic mass is 9.94. The largest absolute Gasteiger partial charge is 0.481 e. The van der Waals surface area contributed by atoms with Gasteiger partial charge in [0.1, 0.15) is 12.3 Å². The Bertz CT molecular complexity index is 1780. The Morgan fingerprint density at radius 1 is 1.05 bits per heavy atom. The molecule has 0 fully saturated rings. The molecule has 0 spiro atoms. The van der Waals surface area contributed by atoms with Crippen molar-refractivity contribution in [3.63, 3.8) is 0 Å².